The molecule has 162 valence electrons. The molecule has 0 radical (unpaired) electrons. The highest BCUT2D eigenvalue weighted by atomic mass is 32.2. The van der Waals surface area contributed by atoms with Crippen LogP contribution in [0.2, 0.25) is 0 Å². The number of nitrogens with zero attached hydrogens (tertiary/aromatic N) is 1. The minimum absolute atomic E-state index is 0.00136. The molecule has 0 saturated heterocycles. The summed E-state index contributed by atoms with van der Waals surface area (Å²) >= 11 is 1.29. The number of nitrogens with one attached hydrogen (secondary N) is 3. The van der Waals surface area contributed by atoms with Gasteiger partial charge < -0.3 is 5.32 Å². The summed E-state index contributed by atoms with van der Waals surface area (Å²) < 4.78 is 26.5. The Morgan fingerprint density at radius 1 is 1.00 bits per heavy atom. The number of carbonyl (C=O) groups excluding carboxylic acids is 3. The molecule has 0 fully saturated rings. The molecule has 0 atom stereocenters. The molecule has 0 saturated carbocycles. The van der Waals surface area contributed by atoms with Gasteiger partial charge in [-0.05, 0) is 29.6 Å². The van der Waals surface area contributed by atoms with Crippen molar-refractivity contribution in [1.82, 2.24) is 20.5 Å². The van der Waals surface area contributed by atoms with Gasteiger partial charge in [-0.25, -0.2) is 8.42 Å². The highest BCUT2D eigenvalue weighted by Gasteiger charge is 2.22. The Hall–Kier alpha value is -2.76. The third-order valence-corrected chi connectivity index (χ3v) is 7.05. The monoisotopic (exact) mass is 452 g/mol. The summed E-state index contributed by atoms with van der Waals surface area (Å²) in [6.07, 6.45) is -0.0340. The summed E-state index contributed by atoms with van der Waals surface area (Å²) in [7, 11) is -3.70. The highest BCUT2D eigenvalue weighted by molar-refractivity contribution is 7.89. The van der Waals surface area contributed by atoms with E-state index in [0.717, 1.165) is 0 Å². The number of carbonyl (C=O) groups is 3. The van der Waals surface area contributed by atoms with Crippen molar-refractivity contribution in [2.24, 2.45) is 0 Å². The number of benzene rings is 1. The summed E-state index contributed by atoms with van der Waals surface area (Å²) in [6, 6.07) is 9.02. The fourth-order valence-corrected chi connectivity index (χ4v) is 4.70. The van der Waals surface area contributed by atoms with Crippen molar-refractivity contribution in [3.8, 4) is 0 Å². The van der Waals surface area contributed by atoms with Crippen molar-refractivity contribution in [2.45, 2.75) is 25.2 Å². The third kappa shape index (κ3) is 6.12. The quantitative estimate of drug-likeness (QED) is 0.496. The lowest BCUT2D eigenvalue weighted by Crippen LogP contribution is -2.42. The van der Waals surface area contributed by atoms with Crippen LogP contribution in [0.1, 0.15) is 40.3 Å². The van der Waals surface area contributed by atoms with Crippen LogP contribution in [0.3, 0.4) is 0 Å². The molecule has 0 aliphatic carbocycles. The van der Waals surface area contributed by atoms with Gasteiger partial charge in [0.15, 0.2) is 0 Å². The molecule has 3 N–H and O–H groups in total. The number of hydrazine groups is 1. The van der Waals surface area contributed by atoms with Crippen molar-refractivity contribution >= 4 is 39.1 Å². The van der Waals surface area contributed by atoms with Gasteiger partial charge in [0.2, 0.25) is 15.9 Å². The van der Waals surface area contributed by atoms with Crippen LogP contribution in [-0.2, 0) is 14.8 Å². The lowest BCUT2D eigenvalue weighted by Gasteiger charge is -2.18. The molecule has 0 bridgehead atoms. The zero-order valence-electron chi connectivity index (χ0n) is 16.7. The molecule has 0 spiro atoms. The fourth-order valence-electron chi connectivity index (χ4n) is 2.56. The van der Waals surface area contributed by atoms with Gasteiger partial charge in [-0.3, -0.25) is 25.2 Å². The fraction of sp³-hybridized carbons (Fsp3) is 0.316. The Morgan fingerprint density at radius 3 is 2.37 bits per heavy atom. The lowest BCUT2D eigenvalue weighted by atomic mass is 10.2. The molecule has 1 aromatic heterocycles. The van der Waals surface area contributed by atoms with Gasteiger partial charge in [-0.1, -0.05) is 26.0 Å². The second-order valence-electron chi connectivity index (χ2n) is 6.10. The van der Waals surface area contributed by atoms with Gasteiger partial charge in [0.25, 0.3) is 11.8 Å². The number of rotatable bonds is 9. The van der Waals surface area contributed by atoms with E-state index in [1.807, 2.05) is 0 Å². The Kier molecular flexibility index (Phi) is 8.51. The number of sulfonamides is 1. The van der Waals surface area contributed by atoms with E-state index in [4.69, 9.17) is 0 Å². The Bertz CT molecular complexity index is 986. The zero-order chi connectivity index (χ0) is 22.1. The zero-order valence-corrected chi connectivity index (χ0v) is 18.3. The van der Waals surface area contributed by atoms with E-state index in [0.29, 0.717) is 18.0 Å². The van der Waals surface area contributed by atoms with Gasteiger partial charge in [-0.2, -0.15) is 4.31 Å². The second-order valence-corrected chi connectivity index (χ2v) is 8.99. The van der Waals surface area contributed by atoms with E-state index < -0.39 is 21.8 Å². The first-order valence-electron chi connectivity index (χ1n) is 9.30. The molecule has 9 nitrogen and oxygen atoms in total. The Balaban J connectivity index is 1.87. The van der Waals surface area contributed by atoms with E-state index in [1.54, 1.807) is 31.4 Å². The Morgan fingerprint density at radius 2 is 1.73 bits per heavy atom. The van der Waals surface area contributed by atoms with Crippen LogP contribution >= 0.6 is 11.3 Å². The minimum atomic E-state index is -3.70. The lowest BCUT2D eigenvalue weighted by molar-refractivity contribution is -0.121. The first-order chi connectivity index (χ1) is 14.3. The number of hydrogen-bond donors (Lipinski definition) is 3. The molecular formula is C19H24N4O5S2. The van der Waals surface area contributed by atoms with Crippen LogP contribution in [0.4, 0.5) is 0 Å². The molecule has 0 aliphatic heterocycles. The predicted octanol–water partition coefficient (Wildman–Crippen LogP) is 1.36. The van der Waals surface area contributed by atoms with Crippen LogP contribution in [-0.4, -0.2) is 50.1 Å². The van der Waals surface area contributed by atoms with Crippen molar-refractivity contribution in [1.29, 1.82) is 0 Å². The summed E-state index contributed by atoms with van der Waals surface area (Å²) in [5.41, 5.74) is 4.58. The molecule has 0 aliphatic rings. The van der Waals surface area contributed by atoms with Crippen LogP contribution in [0.25, 0.3) is 0 Å². The predicted molar refractivity (Wildman–Crippen MR) is 113 cm³/mol. The van der Waals surface area contributed by atoms with E-state index >= 15 is 0 Å². The summed E-state index contributed by atoms with van der Waals surface area (Å²) in [6.45, 7) is 4.20. The van der Waals surface area contributed by atoms with Crippen molar-refractivity contribution in [3.63, 3.8) is 0 Å². The average molecular weight is 453 g/mol. The van der Waals surface area contributed by atoms with Crippen molar-refractivity contribution in [3.05, 3.63) is 52.2 Å². The van der Waals surface area contributed by atoms with Crippen LogP contribution < -0.4 is 16.2 Å². The van der Waals surface area contributed by atoms with Gasteiger partial charge in [-0.15, -0.1) is 11.3 Å². The standard InChI is InChI=1S/C19H24N4O5S2/c1-3-23(4-2)30(27,28)15-8-5-7-14(13-15)18(25)22-21-17(24)10-11-20-19(26)16-9-6-12-29-16/h5-9,12-13H,3-4,10-11H2,1-2H3,(H,20,26)(H,21,24)(H,22,25). The molecule has 1 aromatic carbocycles. The van der Waals surface area contributed by atoms with Gasteiger partial charge in [0.05, 0.1) is 9.77 Å². The van der Waals surface area contributed by atoms with E-state index in [9.17, 15) is 22.8 Å². The average Bonchev–Trinajstić information content (AvgIpc) is 3.28. The summed E-state index contributed by atoms with van der Waals surface area (Å²) in [5, 5.41) is 4.38. The smallest absolute Gasteiger partial charge is 0.269 e. The van der Waals surface area contributed by atoms with Crippen LogP contribution in [0.15, 0.2) is 46.7 Å². The van der Waals surface area contributed by atoms with E-state index in [-0.39, 0.29) is 29.3 Å². The second kappa shape index (κ2) is 10.9. The summed E-state index contributed by atoms with van der Waals surface area (Å²) in [5.74, 6) is -1.42. The Labute approximate surface area is 179 Å². The SMILES string of the molecule is CCN(CC)S(=O)(=O)c1cccc(C(=O)NNC(=O)CCNC(=O)c2cccs2)c1. The molecule has 3 amide bonds. The molecule has 1 heterocycles. The van der Waals surface area contributed by atoms with Gasteiger partial charge in [0, 0.05) is 31.6 Å². The number of thiophene rings is 1. The minimum Gasteiger partial charge on any atom is -0.351 e. The van der Waals surface area contributed by atoms with Crippen LogP contribution in [0, 0.1) is 0 Å². The molecule has 0 unspecified atom stereocenters. The number of amides is 3. The normalized spacial score (nSPS) is 11.2. The maximum Gasteiger partial charge on any atom is 0.269 e. The number of hydrogen-bond acceptors (Lipinski definition) is 6. The third-order valence-electron chi connectivity index (χ3n) is 4.14. The van der Waals surface area contributed by atoms with Crippen LogP contribution in [0.5, 0.6) is 0 Å². The van der Waals surface area contributed by atoms with Crippen molar-refractivity contribution < 1.29 is 22.8 Å². The first-order valence-corrected chi connectivity index (χ1v) is 11.6. The van der Waals surface area contributed by atoms with Crippen molar-refractivity contribution in [2.75, 3.05) is 19.6 Å². The maximum absolute atomic E-state index is 12.6. The largest absolute Gasteiger partial charge is 0.351 e. The molecule has 11 heteroatoms. The van der Waals surface area contributed by atoms with Gasteiger partial charge >= 0.3 is 0 Å². The molecule has 2 rings (SSSR count). The molecule has 30 heavy (non-hydrogen) atoms. The van der Waals surface area contributed by atoms with Gasteiger partial charge in [0.1, 0.15) is 0 Å². The summed E-state index contributed by atoms with van der Waals surface area (Å²) in [4.78, 5) is 36.5. The first kappa shape index (κ1) is 23.5. The molecular weight excluding hydrogens is 428 g/mol. The topological polar surface area (TPSA) is 125 Å². The van der Waals surface area contributed by atoms with E-state index in [1.165, 1.54) is 39.9 Å². The maximum atomic E-state index is 12.6. The molecule has 2 aromatic rings. The highest BCUT2D eigenvalue weighted by Crippen LogP contribution is 2.17. The van der Waals surface area contributed by atoms with E-state index in [2.05, 4.69) is 16.2 Å².